The third-order valence-electron chi connectivity index (χ3n) is 5.35. The molecule has 2 aromatic heterocycles. The summed E-state index contributed by atoms with van der Waals surface area (Å²) in [4.78, 5) is 16.4. The van der Waals surface area contributed by atoms with Gasteiger partial charge in [-0.1, -0.05) is 37.1 Å². The van der Waals surface area contributed by atoms with E-state index < -0.39 is 0 Å². The lowest BCUT2D eigenvalue weighted by Crippen LogP contribution is -2.34. The van der Waals surface area contributed by atoms with Crippen LogP contribution in [0.1, 0.15) is 58.8 Å². The van der Waals surface area contributed by atoms with E-state index in [9.17, 15) is 4.79 Å². The summed E-state index contributed by atoms with van der Waals surface area (Å²) in [5.41, 5.74) is 2.30. The van der Waals surface area contributed by atoms with E-state index in [0.717, 1.165) is 40.7 Å². The van der Waals surface area contributed by atoms with Crippen molar-refractivity contribution in [1.82, 2.24) is 4.90 Å². The fourth-order valence-electron chi connectivity index (χ4n) is 3.95. The van der Waals surface area contributed by atoms with Gasteiger partial charge in [0.05, 0.1) is 12.3 Å². The third kappa shape index (κ3) is 4.58. The first kappa shape index (κ1) is 20.2. The van der Waals surface area contributed by atoms with Crippen molar-refractivity contribution < 1.29 is 9.21 Å². The van der Waals surface area contributed by atoms with E-state index >= 15 is 0 Å². The number of carbonyl (C=O) groups is 1. The van der Waals surface area contributed by atoms with E-state index in [4.69, 9.17) is 16.0 Å². The van der Waals surface area contributed by atoms with E-state index in [1.807, 2.05) is 18.2 Å². The predicted molar refractivity (Wildman–Crippen MR) is 119 cm³/mol. The van der Waals surface area contributed by atoms with Crippen LogP contribution >= 0.6 is 22.9 Å². The van der Waals surface area contributed by atoms with E-state index in [1.54, 1.807) is 23.5 Å². The molecule has 4 nitrogen and oxygen atoms in total. The zero-order chi connectivity index (χ0) is 20.2. The molecule has 0 radical (unpaired) electrons. The molecule has 1 saturated heterocycles. The van der Waals surface area contributed by atoms with Crippen molar-refractivity contribution in [3.8, 4) is 0 Å². The van der Waals surface area contributed by atoms with Gasteiger partial charge in [0.1, 0.15) is 5.00 Å². The lowest BCUT2D eigenvalue weighted by atomic mass is 9.96. The molecule has 1 amide bonds. The van der Waals surface area contributed by atoms with Crippen LogP contribution in [0.25, 0.3) is 0 Å². The normalized spacial score (nSPS) is 15.9. The number of rotatable bonds is 6. The van der Waals surface area contributed by atoms with E-state index in [2.05, 4.69) is 29.3 Å². The summed E-state index contributed by atoms with van der Waals surface area (Å²) in [6, 6.07) is 13.8. The molecule has 1 atom stereocenters. The molecular weight excluding hydrogens is 404 g/mol. The molecule has 4 rings (SSSR count). The Labute approximate surface area is 180 Å². The molecule has 0 aliphatic carbocycles. The summed E-state index contributed by atoms with van der Waals surface area (Å²) in [6.45, 7) is 4.23. The first-order valence-corrected chi connectivity index (χ1v) is 11.3. The number of nitrogens with zero attached hydrogens (tertiary/aromatic N) is 1. The number of halogens is 1. The Morgan fingerprint density at radius 2 is 2.03 bits per heavy atom. The molecule has 6 heteroatoms. The number of piperidine rings is 1. The van der Waals surface area contributed by atoms with Gasteiger partial charge >= 0.3 is 0 Å². The molecule has 1 fully saturated rings. The summed E-state index contributed by atoms with van der Waals surface area (Å²) in [6.07, 6.45) is 6.09. The second-order valence-corrected chi connectivity index (χ2v) is 8.91. The molecule has 1 N–H and O–H groups in total. The van der Waals surface area contributed by atoms with Crippen molar-refractivity contribution >= 4 is 33.8 Å². The highest BCUT2D eigenvalue weighted by Gasteiger charge is 2.28. The van der Waals surface area contributed by atoms with Gasteiger partial charge in [0.2, 0.25) is 0 Å². The molecule has 3 heterocycles. The number of furan rings is 1. The number of aryl methyl sites for hydroxylation is 1. The zero-order valence-corrected chi connectivity index (χ0v) is 18.1. The van der Waals surface area contributed by atoms with Gasteiger partial charge in [0.15, 0.2) is 5.76 Å². The number of thiophene rings is 1. The van der Waals surface area contributed by atoms with Crippen LogP contribution in [-0.2, 0) is 6.42 Å². The summed E-state index contributed by atoms with van der Waals surface area (Å²) in [7, 11) is 0. The smallest absolute Gasteiger partial charge is 0.291 e. The van der Waals surface area contributed by atoms with Crippen LogP contribution in [0.2, 0.25) is 5.02 Å². The van der Waals surface area contributed by atoms with Crippen LogP contribution in [0.5, 0.6) is 0 Å². The van der Waals surface area contributed by atoms with Crippen LogP contribution in [0.4, 0.5) is 5.00 Å². The molecule has 1 aliphatic heterocycles. The van der Waals surface area contributed by atoms with Crippen LogP contribution in [0, 0.1) is 0 Å². The second kappa shape index (κ2) is 9.16. The van der Waals surface area contributed by atoms with Crippen molar-refractivity contribution in [3.05, 3.63) is 75.5 Å². The van der Waals surface area contributed by atoms with Gasteiger partial charge in [-0.15, -0.1) is 11.3 Å². The Kier molecular flexibility index (Phi) is 6.38. The minimum atomic E-state index is -0.218. The number of hydrogen-bond donors (Lipinski definition) is 1. The molecule has 0 spiro atoms. The third-order valence-corrected chi connectivity index (χ3v) is 6.79. The Morgan fingerprint density at radius 1 is 1.21 bits per heavy atom. The van der Waals surface area contributed by atoms with Crippen molar-refractivity contribution in [1.29, 1.82) is 0 Å². The number of hydrogen-bond acceptors (Lipinski definition) is 4. The van der Waals surface area contributed by atoms with Crippen LogP contribution in [0.3, 0.4) is 0 Å². The standard InChI is InChI=1S/C23H25ClN2O2S/c1-2-18-15-19(23(29-18)25-22(27)20-10-7-13-28-20)21(26-11-4-3-5-12-26)16-8-6-9-17(24)14-16/h6-10,13-15,21H,2-5,11-12H2,1H3,(H,25,27). The SMILES string of the molecule is CCc1cc(C(c2cccc(Cl)c2)N2CCCCC2)c(NC(=O)c2ccco2)s1. The topological polar surface area (TPSA) is 45.5 Å². The maximum absolute atomic E-state index is 12.7. The molecule has 0 bridgehead atoms. The molecule has 152 valence electrons. The quantitative estimate of drug-likeness (QED) is 0.495. The fourth-order valence-corrected chi connectivity index (χ4v) is 5.17. The van der Waals surface area contributed by atoms with Gasteiger partial charge in [-0.2, -0.15) is 0 Å². The summed E-state index contributed by atoms with van der Waals surface area (Å²) >= 11 is 7.98. The minimum absolute atomic E-state index is 0.0671. The van der Waals surface area contributed by atoms with Gasteiger partial charge in [0, 0.05) is 15.5 Å². The maximum atomic E-state index is 12.7. The number of benzene rings is 1. The summed E-state index contributed by atoms with van der Waals surface area (Å²) in [5, 5.41) is 4.72. The lowest BCUT2D eigenvalue weighted by Gasteiger charge is -2.35. The first-order chi connectivity index (χ1) is 14.2. The van der Waals surface area contributed by atoms with E-state index in [0.29, 0.717) is 5.76 Å². The average Bonchev–Trinajstić information content (AvgIpc) is 3.40. The van der Waals surface area contributed by atoms with Crippen molar-refractivity contribution in [3.63, 3.8) is 0 Å². The van der Waals surface area contributed by atoms with Gasteiger partial charge in [-0.3, -0.25) is 9.69 Å². The Balaban J connectivity index is 1.75. The van der Waals surface area contributed by atoms with Crippen LogP contribution in [0.15, 0.2) is 53.1 Å². The molecule has 1 unspecified atom stereocenters. The number of carbonyl (C=O) groups excluding carboxylic acids is 1. The predicted octanol–water partition coefficient (Wildman–Crippen LogP) is 6.38. The van der Waals surface area contributed by atoms with Crippen molar-refractivity contribution in [2.24, 2.45) is 0 Å². The summed E-state index contributed by atoms with van der Waals surface area (Å²) < 4.78 is 5.28. The first-order valence-electron chi connectivity index (χ1n) is 10.1. The Bertz CT molecular complexity index is 961. The number of amides is 1. The Morgan fingerprint density at radius 3 is 2.72 bits per heavy atom. The van der Waals surface area contributed by atoms with Gasteiger partial charge in [0.25, 0.3) is 5.91 Å². The molecular formula is C23H25ClN2O2S. The highest BCUT2D eigenvalue weighted by atomic mass is 35.5. The van der Waals surface area contributed by atoms with Crippen molar-refractivity contribution in [2.45, 2.75) is 38.6 Å². The van der Waals surface area contributed by atoms with Crippen molar-refractivity contribution in [2.75, 3.05) is 18.4 Å². The highest BCUT2D eigenvalue weighted by molar-refractivity contribution is 7.16. The maximum Gasteiger partial charge on any atom is 0.291 e. The average molecular weight is 429 g/mol. The van der Waals surface area contributed by atoms with Gasteiger partial charge < -0.3 is 9.73 Å². The molecule has 29 heavy (non-hydrogen) atoms. The number of likely N-dealkylation sites (tertiary alicyclic amines) is 1. The minimum Gasteiger partial charge on any atom is -0.459 e. The zero-order valence-electron chi connectivity index (χ0n) is 16.5. The molecule has 1 aliphatic rings. The Hall–Kier alpha value is -2.08. The highest BCUT2D eigenvalue weighted by Crippen LogP contribution is 2.41. The van der Waals surface area contributed by atoms with Gasteiger partial charge in [-0.25, -0.2) is 0 Å². The monoisotopic (exact) mass is 428 g/mol. The van der Waals surface area contributed by atoms with Crippen LogP contribution < -0.4 is 5.32 Å². The molecule has 0 saturated carbocycles. The lowest BCUT2D eigenvalue weighted by molar-refractivity contribution is 0.0996. The molecule has 3 aromatic rings. The van der Waals surface area contributed by atoms with Gasteiger partial charge in [-0.05, 0) is 68.2 Å². The number of anilines is 1. The van der Waals surface area contributed by atoms with E-state index in [1.165, 1.54) is 30.4 Å². The van der Waals surface area contributed by atoms with E-state index in [-0.39, 0.29) is 11.9 Å². The largest absolute Gasteiger partial charge is 0.459 e. The fraction of sp³-hybridized carbons (Fsp3) is 0.348. The van der Waals surface area contributed by atoms with Crippen LogP contribution in [-0.4, -0.2) is 23.9 Å². The summed E-state index contributed by atoms with van der Waals surface area (Å²) in [5.74, 6) is 0.101. The number of nitrogens with one attached hydrogen (secondary N) is 1. The molecule has 1 aromatic carbocycles. The second-order valence-electron chi connectivity index (χ2n) is 7.34.